The number of aliphatic hydroxyl groups is 1. The van der Waals surface area contributed by atoms with Crippen LogP contribution in [0.3, 0.4) is 0 Å². The van der Waals surface area contributed by atoms with Crippen LogP contribution in [0.15, 0.2) is 30.3 Å². The Kier molecular flexibility index (Phi) is 14.9. The van der Waals surface area contributed by atoms with Crippen LogP contribution in [0.1, 0.15) is 71.4 Å². The van der Waals surface area contributed by atoms with E-state index in [1.807, 2.05) is 6.07 Å². The molecule has 0 aliphatic heterocycles. The summed E-state index contributed by atoms with van der Waals surface area (Å²) in [4.78, 5) is 51.6. The standard InChI is InChI=1S/C31H51N5O7/c1-19(2)26(33-30(40)42-5)28(38)24(25(32)22-15-11-8-12-16-22)23(37)18-36(17-21-13-9-7-10-14-21)35-29(39)27(20(3)4)34-31(41)43-6/h8,11-12,15-16,19-21,23-27,37H,7,9-10,13-14,17-18,32H2,1-6H3,(H,33,40)(H,34,41)(H,35,39)/t23?,24?,25?,26-,27-/m0/s1. The fourth-order valence-corrected chi connectivity index (χ4v) is 5.58. The van der Waals surface area contributed by atoms with Gasteiger partial charge in [-0.05, 0) is 36.2 Å². The number of methoxy groups -OCH3 is 2. The van der Waals surface area contributed by atoms with Gasteiger partial charge in [-0.15, -0.1) is 0 Å². The lowest BCUT2D eigenvalue weighted by molar-refractivity contribution is -0.133. The summed E-state index contributed by atoms with van der Waals surface area (Å²) >= 11 is 0. The molecule has 0 bridgehead atoms. The van der Waals surface area contributed by atoms with Crippen molar-refractivity contribution in [1.82, 2.24) is 21.1 Å². The van der Waals surface area contributed by atoms with Crippen LogP contribution in [0.25, 0.3) is 0 Å². The van der Waals surface area contributed by atoms with Crippen LogP contribution < -0.4 is 21.8 Å². The molecule has 1 aromatic rings. The Morgan fingerprint density at radius 1 is 0.907 bits per heavy atom. The monoisotopic (exact) mass is 605 g/mol. The van der Waals surface area contributed by atoms with Crippen molar-refractivity contribution in [3.63, 3.8) is 0 Å². The summed E-state index contributed by atoms with van der Waals surface area (Å²) in [5, 5.41) is 18.6. The van der Waals surface area contributed by atoms with E-state index in [-0.39, 0.29) is 24.3 Å². The van der Waals surface area contributed by atoms with E-state index in [1.54, 1.807) is 57.0 Å². The number of carbonyl (C=O) groups is 4. The smallest absolute Gasteiger partial charge is 0.407 e. The van der Waals surface area contributed by atoms with Gasteiger partial charge in [-0.1, -0.05) is 77.3 Å². The number of amides is 3. The molecule has 0 saturated heterocycles. The molecule has 1 saturated carbocycles. The molecule has 0 spiro atoms. The van der Waals surface area contributed by atoms with E-state index in [9.17, 15) is 24.3 Å². The number of rotatable bonds is 15. The predicted molar refractivity (Wildman–Crippen MR) is 162 cm³/mol. The second-order valence-corrected chi connectivity index (χ2v) is 12.0. The number of hydrazine groups is 1. The van der Waals surface area contributed by atoms with Gasteiger partial charge in [0.25, 0.3) is 5.91 Å². The average Bonchev–Trinajstić information content (AvgIpc) is 2.98. The highest BCUT2D eigenvalue weighted by Gasteiger charge is 2.40. The van der Waals surface area contributed by atoms with Crippen LogP contribution in [-0.2, 0) is 19.1 Å². The maximum Gasteiger partial charge on any atom is 0.407 e. The molecule has 43 heavy (non-hydrogen) atoms. The van der Waals surface area contributed by atoms with E-state index in [1.165, 1.54) is 14.2 Å². The summed E-state index contributed by atoms with van der Waals surface area (Å²) in [7, 11) is 2.44. The molecule has 0 radical (unpaired) electrons. The topological polar surface area (TPSA) is 172 Å². The molecule has 1 aliphatic rings. The summed E-state index contributed by atoms with van der Waals surface area (Å²) < 4.78 is 9.45. The number of nitrogens with one attached hydrogen (secondary N) is 3. The molecule has 2 rings (SSSR count). The predicted octanol–water partition coefficient (Wildman–Crippen LogP) is 2.91. The van der Waals surface area contributed by atoms with Gasteiger partial charge in [0.15, 0.2) is 5.78 Å². The number of ether oxygens (including phenoxy) is 2. The van der Waals surface area contributed by atoms with Crippen molar-refractivity contribution < 1.29 is 33.8 Å². The van der Waals surface area contributed by atoms with Gasteiger partial charge in [0, 0.05) is 19.1 Å². The van der Waals surface area contributed by atoms with Crippen molar-refractivity contribution in [1.29, 1.82) is 0 Å². The number of hydrogen-bond acceptors (Lipinski definition) is 9. The molecule has 3 unspecified atom stereocenters. The zero-order valence-electron chi connectivity index (χ0n) is 26.4. The molecule has 12 nitrogen and oxygen atoms in total. The normalized spacial score (nSPS) is 17.5. The number of ketones is 1. The van der Waals surface area contributed by atoms with Gasteiger partial charge in [0.05, 0.1) is 32.3 Å². The zero-order valence-corrected chi connectivity index (χ0v) is 26.4. The summed E-state index contributed by atoms with van der Waals surface area (Å²) in [5.74, 6) is -2.34. The molecule has 0 heterocycles. The Bertz CT molecular complexity index is 1030. The number of aliphatic hydroxyl groups excluding tert-OH is 1. The number of nitrogens with two attached hydrogens (primary N) is 1. The van der Waals surface area contributed by atoms with Crippen LogP contribution in [0.4, 0.5) is 9.59 Å². The van der Waals surface area contributed by atoms with Crippen LogP contribution in [-0.4, -0.2) is 79.5 Å². The summed E-state index contributed by atoms with van der Waals surface area (Å²) in [5.41, 5.74) is 10.2. The molecule has 0 aromatic heterocycles. The molecule has 6 N–H and O–H groups in total. The first-order valence-electron chi connectivity index (χ1n) is 15.2. The quantitative estimate of drug-likeness (QED) is 0.189. The second kappa shape index (κ2) is 17.8. The zero-order chi connectivity index (χ0) is 32.1. The van der Waals surface area contributed by atoms with Crippen molar-refractivity contribution in [2.75, 3.05) is 27.3 Å². The average molecular weight is 606 g/mol. The van der Waals surface area contributed by atoms with E-state index >= 15 is 0 Å². The maximum absolute atomic E-state index is 14.1. The van der Waals surface area contributed by atoms with Gasteiger partial charge in [0.1, 0.15) is 6.04 Å². The molecule has 1 aliphatic carbocycles. The third kappa shape index (κ3) is 11.1. The minimum atomic E-state index is -1.32. The Morgan fingerprint density at radius 3 is 1.95 bits per heavy atom. The number of benzene rings is 1. The van der Waals surface area contributed by atoms with E-state index in [0.717, 1.165) is 32.1 Å². The molecule has 3 amide bonds. The lowest BCUT2D eigenvalue weighted by Gasteiger charge is -2.37. The fourth-order valence-electron chi connectivity index (χ4n) is 5.58. The largest absolute Gasteiger partial charge is 0.453 e. The minimum absolute atomic E-state index is 0.106. The second-order valence-electron chi connectivity index (χ2n) is 12.0. The summed E-state index contributed by atoms with van der Waals surface area (Å²) in [6.45, 7) is 7.51. The molecule has 1 fully saturated rings. The highest BCUT2D eigenvalue weighted by Crippen LogP contribution is 2.28. The number of alkyl carbamates (subject to hydrolysis) is 2. The van der Waals surface area contributed by atoms with Crippen LogP contribution in [0.2, 0.25) is 0 Å². The maximum atomic E-state index is 14.1. The van der Waals surface area contributed by atoms with E-state index < -0.39 is 54.0 Å². The molecule has 5 atom stereocenters. The van der Waals surface area contributed by atoms with Gasteiger partial charge in [-0.25, -0.2) is 14.6 Å². The molecule has 12 heteroatoms. The number of hydrogen-bond donors (Lipinski definition) is 5. The van der Waals surface area contributed by atoms with E-state index in [0.29, 0.717) is 12.1 Å². The Labute approximate surface area is 255 Å². The fraction of sp³-hybridized carbons (Fsp3) is 0.677. The van der Waals surface area contributed by atoms with Gasteiger partial charge in [0.2, 0.25) is 0 Å². The van der Waals surface area contributed by atoms with Crippen LogP contribution in [0.5, 0.6) is 0 Å². The van der Waals surface area contributed by atoms with Gasteiger partial charge in [-0.3, -0.25) is 15.0 Å². The third-order valence-electron chi connectivity index (χ3n) is 8.03. The van der Waals surface area contributed by atoms with Crippen LogP contribution in [0, 0.1) is 23.7 Å². The van der Waals surface area contributed by atoms with Gasteiger partial charge >= 0.3 is 12.2 Å². The van der Waals surface area contributed by atoms with E-state index in [2.05, 4.69) is 16.1 Å². The first-order chi connectivity index (χ1) is 20.4. The Balaban J connectivity index is 2.42. The Hall–Kier alpha value is -3.22. The minimum Gasteiger partial charge on any atom is -0.453 e. The number of nitrogens with zero attached hydrogens (tertiary/aromatic N) is 1. The van der Waals surface area contributed by atoms with Gasteiger partial charge in [-0.2, -0.15) is 0 Å². The molecule has 1 aromatic carbocycles. The number of Topliss-reactive ketones (excluding diaryl/α,β-unsaturated/α-hetero) is 1. The van der Waals surface area contributed by atoms with Crippen molar-refractivity contribution in [3.8, 4) is 0 Å². The molecular weight excluding hydrogens is 554 g/mol. The third-order valence-corrected chi connectivity index (χ3v) is 8.03. The van der Waals surface area contributed by atoms with Gasteiger partial charge < -0.3 is 30.9 Å². The SMILES string of the molecule is COC(=O)N[C@H](C(=O)NN(CC1CCCCC1)CC(O)C(C(=O)[C@@H](NC(=O)OC)C(C)C)C(N)c1ccccc1)C(C)C. The molecular formula is C31H51N5O7. The Morgan fingerprint density at radius 2 is 1.44 bits per heavy atom. The summed E-state index contributed by atoms with van der Waals surface area (Å²) in [6.07, 6.45) is 2.42. The highest BCUT2D eigenvalue weighted by atomic mass is 16.5. The van der Waals surface area contributed by atoms with Crippen molar-refractivity contribution in [3.05, 3.63) is 35.9 Å². The number of carbonyl (C=O) groups excluding carboxylic acids is 4. The lowest BCUT2D eigenvalue weighted by Crippen LogP contribution is -2.58. The molecule has 242 valence electrons. The van der Waals surface area contributed by atoms with E-state index in [4.69, 9.17) is 15.2 Å². The van der Waals surface area contributed by atoms with Crippen molar-refractivity contribution in [2.45, 2.75) is 84.0 Å². The van der Waals surface area contributed by atoms with Crippen LogP contribution >= 0.6 is 0 Å². The van der Waals surface area contributed by atoms with Crippen molar-refractivity contribution in [2.24, 2.45) is 29.4 Å². The lowest BCUT2D eigenvalue weighted by atomic mass is 9.80. The highest BCUT2D eigenvalue weighted by molar-refractivity contribution is 5.90. The summed E-state index contributed by atoms with van der Waals surface area (Å²) in [6, 6.07) is 6.22. The first kappa shape index (κ1) is 36.0. The van der Waals surface area contributed by atoms with Crippen molar-refractivity contribution >= 4 is 23.9 Å². The first-order valence-corrected chi connectivity index (χ1v) is 15.2.